The number of benzene rings is 2. The van der Waals surface area contributed by atoms with Crippen molar-refractivity contribution in [2.75, 3.05) is 7.05 Å². The van der Waals surface area contributed by atoms with Gasteiger partial charge in [-0.05, 0) is 29.8 Å². The Kier molecular flexibility index (Phi) is 4.98. The first-order chi connectivity index (χ1) is 10.7. The molecule has 23 heavy (non-hydrogen) atoms. The van der Waals surface area contributed by atoms with Gasteiger partial charge in [-0.1, -0.05) is 23.7 Å². The van der Waals surface area contributed by atoms with Crippen molar-refractivity contribution in [2.24, 2.45) is 0 Å². The fourth-order valence-corrected chi connectivity index (χ4v) is 3.46. The molecule has 0 unspecified atom stereocenters. The first-order valence-corrected chi connectivity index (χ1v) is 8.18. The van der Waals surface area contributed by atoms with Crippen LogP contribution in [0.4, 0.5) is 10.1 Å². The van der Waals surface area contributed by atoms with Crippen LogP contribution in [0, 0.1) is 15.9 Å². The van der Waals surface area contributed by atoms with E-state index in [0.29, 0.717) is 5.56 Å². The number of nitro groups is 1. The fourth-order valence-electron chi connectivity index (χ4n) is 2.00. The summed E-state index contributed by atoms with van der Waals surface area (Å²) in [5.74, 6) is -0.495. The van der Waals surface area contributed by atoms with Gasteiger partial charge in [0.2, 0.25) is 10.0 Å². The molecule has 0 aliphatic carbocycles. The summed E-state index contributed by atoms with van der Waals surface area (Å²) in [4.78, 5) is 9.78. The predicted octanol–water partition coefficient (Wildman–Crippen LogP) is 3.21. The van der Waals surface area contributed by atoms with Crippen molar-refractivity contribution in [1.29, 1.82) is 0 Å². The number of halogens is 2. The molecule has 2 rings (SSSR count). The van der Waals surface area contributed by atoms with Gasteiger partial charge in [-0.25, -0.2) is 12.8 Å². The highest BCUT2D eigenvalue weighted by atomic mass is 35.5. The van der Waals surface area contributed by atoms with E-state index < -0.39 is 31.3 Å². The summed E-state index contributed by atoms with van der Waals surface area (Å²) in [6.07, 6.45) is 0. The Morgan fingerprint density at radius 2 is 1.96 bits per heavy atom. The summed E-state index contributed by atoms with van der Waals surface area (Å²) >= 11 is 5.68. The Labute approximate surface area is 137 Å². The topological polar surface area (TPSA) is 80.5 Å². The highest BCUT2D eigenvalue weighted by Crippen LogP contribution is 2.29. The molecule has 0 atom stereocenters. The molecular formula is C14H12ClFN2O4S. The molecule has 0 N–H and O–H groups in total. The Hall–Kier alpha value is -2.03. The van der Waals surface area contributed by atoms with Crippen LogP contribution in [0.25, 0.3) is 0 Å². The van der Waals surface area contributed by atoms with E-state index in [1.54, 1.807) is 6.07 Å². The zero-order chi connectivity index (χ0) is 17.2. The number of hydrogen-bond acceptors (Lipinski definition) is 4. The van der Waals surface area contributed by atoms with Gasteiger partial charge in [0.15, 0.2) is 4.90 Å². The van der Waals surface area contributed by atoms with Crippen molar-refractivity contribution < 1.29 is 17.7 Å². The van der Waals surface area contributed by atoms with Gasteiger partial charge in [-0.3, -0.25) is 10.1 Å². The van der Waals surface area contributed by atoms with Gasteiger partial charge >= 0.3 is 0 Å². The summed E-state index contributed by atoms with van der Waals surface area (Å²) in [7, 11) is -2.87. The van der Waals surface area contributed by atoms with Gasteiger partial charge in [-0.2, -0.15) is 4.31 Å². The number of hydrogen-bond donors (Lipinski definition) is 0. The summed E-state index contributed by atoms with van der Waals surface area (Å²) in [5.41, 5.74) is -0.184. The average molecular weight is 359 g/mol. The maximum absolute atomic E-state index is 13.2. The van der Waals surface area contributed by atoms with Crippen molar-refractivity contribution in [1.82, 2.24) is 4.31 Å². The van der Waals surface area contributed by atoms with Gasteiger partial charge in [0.1, 0.15) is 5.82 Å². The molecule has 0 aromatic heterocycles. The van der Waals surface area contributed by atoms with E-state index >= 15 is 0 Å². The molecule has 6 nitrogen and oxygen atoms in total. The third kappa shape index (κ3) is 3.84. The van der Waals surface area contributed by atoms with Crippen LogP contribution >= 0.6 is 11.6 Å². The van der Waals surface area contributed by atoms with E-state index in [4.69, 9.17) is 11.6 Å². The average Bonchev–Trinajstić information content (AvgIpc) is 2.46. The van der Waals surface area contributed by atoms with Crippen molar-refractivity contribution in [2.45, 2.75) is 11.4 Å². The van der Waals surface area contributed by atoms with E-state index in [-0.39, 0.29) is 11.6 Å². The molecule has 0 saturated heterocycles. The lowest BCUT2D eigenvalue weighted by molar-refractivity contribution is -0.387. The van der Waals surface area contributed by atoms with E-state index in [1.807, 2.05) is 0 Å². The molecule has 0 heterocycles. The van der Waals surface area contributed by atoms with Crippen LogP contribution in [0.5, 0.6) is 0 Å². The second-order valence-corrected chi connectivity index (χ2v) is 7.21. The van der Waals surface area contributed by atoms with Crippen molar-refractivity contribution in [3.8, 4) is 0 Å². The second-order valence-electron chi connectivity index (χ2n) is 4.76. The van der Waals surface area contributed by atoms with E-state index in [9.17, 15) is 22.9 Å². The van der Waals surface area contributed by atoms with Crippen LogP contribution in [-0.4, -0.2) is 24.7 Å². The number of nitrogens with zero attached hydrogens (tertiary/aromatic N) is 2. The van der Waals surface area contributed by atoms with Gasteiger partial charge in [0, 0.05) is 24.7 Å². The molecule has 0 aliphatic heterocycles. The first-order valence-electron chi connectivity index (χ1n) is 6.36. The van der Waals surface area contributed by atoms with Crippen LogP contribution in [0.15, 0.2) is 47.4 Å². The number of sulfonamides is 1. The molecule has 0 amide bonds. The second kappa shape index (κ2) is 6.61. The van der Waals surface area contributed by atoms with Gasteiger partial charge in [0.25, 0.3) is 5.69 Å². The summed E-state index contributed by atoms with van der Waals surface area (Å²) in [6, 6.07) is 8.77. The molecule has 0 saturated carbocycles. The van der Waals surface area contributed by atoms with Crippen molar-refractivity contribution in [3.05, 3.63) is 69.0 Å². The van der Waals surface area contributed by atoms with E-state index in [1.165, 1.54) is 31.3 Å². The quantitative estimate of drug-likeness (QED) is 0.607. The Bertz CT molecular complexity index is 858. The molecule has 9 heteroatoms. The third-order valence-electron chi connectivity index (χ3n) is 3.10. The molecule has 2 aromatic rings. The molecule has 0 aliphatic rings. The zero-order valence-corrected chi connectivity index (χ0v) is 13.5. The van der Waals surface area contributed by atoms with Crippen molar-refractivity contribution >= 4 is 27.3 Å². The molecule has 0 fully saturated rings. The highest BCUT2D eigenvalue weighted by Gasteiger charge is 2.29. The maximum Gasteiger partial charge on any atom is 0.290 e. The molecule has 122 valence electrons. The minimum Gasteiger partial charge on any atom is -0.258 e. The summed E-state index contributed by atoms with van der Waals surface area (Å²) in [6.45, 7) is -0.125. The van der Waals surface area contributed by atoms with E-state index in [0.717, 1.165) is 16.4 Å². The Morgan fingerprint density at radius 3 is 2.57 bits per heavy atom. The van der Waals surface area contributed by atoms with Crippen molar-refractivity contribution in [3.63, 3.8) is 0 Å². The summed E-state index contributed by atoms with van der Waals surface area (Å²) in [5, 5.41) is 11.1. The van der Waals surface area contributed by atoms with Crippen LogP contribution in [0.3, 0.4) is 0 Å². The molecule has 0 bridgehead atoms. The lowest BCUT2D eigenvalue weighted by Gasteiger charge is -2.17. The molecule has 2 aromatic carbocycles. The Morgan fingerprint density at radius 1 is 1.26 bits per heavy atom. The number of nitro benzene ring substituents is 1. The van der Waals surface area contributed by atoms with Crippen LogP contribution in [0.1, 0.15) is 5.56 Å². The largest absolute Gasteiger partial charge is 0.290 e. The van der Waals surface area contributed by atoms with Crippen LogP contribution in [-0.2, 0) is 16.6 Å². The summed E-state index contributed by atoms with van der Waals surface area (Å²) < 4.78 is 39.2. The highest BCUT2D eigenvalue weighted by molar-refractivity contribution is 7.89. The Balaban J connectivity index is 2.40. The van der Waals surface area contributed by atoms with Gasteiger partial charge in [0.05, 0.1) is 4.92 Å². The molecular weight excluding hydrogens is 347 g/mol. The zero-order valence-electron chi connectivity index (χ0n) is 11.9. The lowest BCUT2D eigenvalue weighted by Crippen LogP contribution is -2.27. The normalized spacial score (nSPS) is 11.7. The minimum atomic E-state index is -4.13. The third-order valence-corrected chi connectivity index (χ3v) is 5.19. The standard InChI is InChI=1S/C14H12ClFN2O4S/c1-17(9-10-3-2-4-12(16)7-10)23(21,22)14-6-5-11(15)8-13(14)18(19)20/h2-8H,9H2,1H3. The lowest BCUT2D eigenvalue weighted by atomic mass is 10.2. The smallest absolute Gasteiger partial charge is 0.258 e. The van der Waals surface area contributed by atoms with Gasteiger partial charge in [-0.15, -0.1) is 0 Å². The van der Waals surface area contributed by atoms with E-state index in [2.05, 4.69) is 0 Å². The monoisotopic (exact) mass is 358 g/mol. The van der Waals surface area contributed by atoms with Crippen LogP contribution < -0.4 is 0 Å². The SMILES string of the molecule is CN(Cc1cccc(F)c1)S(=O)(=O)c1ccc(Cl)cc1[N+](=O)[O-]. The predicted molar refractivity (Wildman–Crippen MR) is 83.2 cm³/mol. The molecule has 0 spiro atoms. The maximum atomic E-state index is 13.2. The van der Waals surface area contributed by atoms with Gasteiger partial charge < -0.3 is 0 Å². The van der Waals surface area contributed by atoms with Crippen LogP contribution in [0.2, 0.25) is 5.02 Å². The minimum absolute atomic E-state index is 0.0587. The first kappa shape index (κ1) is 17.3. The number of rotatable bonds is 5. The molecule has 0 radical (unpaired) electrons. The fraction of sp³-hybridized carbons (Fsp3) is 0.143.